The normalized spacial score (nSPS) is 14.0. The molecule has 0 aromatic heterocycles. The number of fused-ring (bicyclic) bond motifs is 2. The molecular weight excluding hydrogens is 463 g/mol. The summed E-state index contributed by atoms with van der Waals surface area (Å²) in [5.74, 6) is -0.911. The number of aryl methyl sites for hydroxylation is 1. The summed E-state index contributed by atoms with van der Waals surface area (Å²) in [6.45, 7) is 6.60. The first-order valence-electron chi connectivity index (χ1n) is 11.3. The first-order valence-corrected chi connectivity index (χ1v) is 12.4. The van der Waals surface area contributed by atoms with E-state index in [9.17, 15) is 9.18 Å². The molecule has 0 fully saturated rings. The predicted octanol–water partition coefficient (Wildman–Crippen LogP) is 7.12. The number of nitrogens with zero attached hydrogens (tertiary/aromatic N) is 1. The zero-order valence-corrected chi connectivity index (χ0v) is 21.7. The van der Waals surface area contributed by atoms with Crippen LogP contribution in [0.2, 0.25) is 0 Å². The Morgan fingerprint density at radius 1 is 1.18 bits per heavy atom. The number of benzene rings is 2. The second kappa shape index (κ2) is 15.9. The molecule has 2 aromatic rings. The summed E-state index contributed by atoms with van der Waals surface area (Å²) in [4.78, 5) is 11.7. The zero-order chi connectivity index (χ0) is 24.8. The number of hydrogen-bond donors (Lipinski definition) is 2. The number of rotatable bonds is 8. The van der Waals surface area contributed by atoms with Crippen molar-refractivity contribution in [3.8, 4) is 0 Å². The van der Waals surface area contributed by atoms with E-state index in [1.54, 1.807) is 24.9 Å². The first-order chi connectivity index (χ1) is 15.9. The standard InChI is InChI=1S/C22H27FN2O2S.C2H6.CH3ClO/c1-15-13-20-17(14-18(15)23)22(24-12-8-4-3-5-11-21(26)27)16-9-6-7-10-19(16)25(2)28-20;1-2;1-3-2/h6-7,9-10,13-14,22,24H,3-5,8,11-12H2,1-2H3,(H,26,27);1-2H3;1H3. The summed E-state index contributed by atoms with van der Waals surface area (Å²) in [5.41, 5.74) is 3.89. The zero-order valence-electron chi connectivity index (χ0n) is 20.2. The molecule has 0 radical (unpaired) electrons. The smallest absolute Gasteiger partial charge is 0.303 e. The van der Waals surface area contributed by atoms with Crippen LogP contribution in [0.15, 0.2) is 41.3 Å². The van der Waals surface area contributed by atoms with Crippen LogP contribution in [0.25, 0.3) is 0 Å². The molecule has 1 heterocycles. The van der Waals surface area contributed by atoms with Gasteiger partial charge in [0.25, 0.3) is 0 Å². The molecule has 1 aliphatic heterocycles. The number of nitrogens with one attached hydrogen (secondary N) is 1. The molecule has 0 bridgehead atoms. The van der Waals surface area contributed by atoms with Gasteiger partial charge in [0.2, 0.25) is 0 Å². The van der Waals surface area contributed by atoms with E-state index in [2.05, 4.69) is 37.9 Å². The van der Waals surface area contributed by atoms with E-state index in [1.807, 2.05) is 39.1 Å². The predicted molar refractivity (Wildman–Crippen MR) is 137 cm³/mol. The average Bonchev–Trinajstić information content (AvgIpc) is 2.90. The van der Waals surface area contributed by atoms with Crippen molar-refractivity contribution in [3.63, 3.8) is 0 Å². The van der Waals surface area contributed by atoms with Crippen LogP contribution in [-0.4, -0.2) is 31.8 Å². The first kappa shape index (κ1) is 29.2. The molecule has 2 N–H and O–H groups in total. The van der Waals surface area contributed by atoms with Crippen LogP contribution in [-0.2, 0) is 9.08 Å². The minimum Gasteiger partial charge on any atom is -0.481 e. The van der Waals surface area contributed by atoms with Gasteiger partial charge < -0.3 is 14.7 Å². The Morgan fingerprint density at radius 2 is 1.82 bits per heavy atom. The lowest BCUT2D eigenvalue weighted by atomic mass is 9.95. The number of anilines is 1. The van der Waals surface area contributed by atoms with Crippen LogP contribution in [0, 0.1) is 12.7 Å². The third-order valence-electron chi connectivity index (χ3n) is 5.09. The molecule has 0 saturated carbocycles. The van der Waals surface area contributed by atoms with Crippen LogP contribution in [0.5, 0.6) is 0 Å². The number of carboxylic acid groups (broad SMARTS) is 1. The Hall–Kier alpha value is -1.80. The highest BCUT2D eigenvalue weighted by Gasteiger charge is 2.27. The van der Waals surface area contributed by atoms with Gasteiger partial charge >= 0.3 is 5.97 Å². The van der Waals surface area contributed by atoms with Crippen molar-refractivity contribution in [2.75, 3.05) is 25.0 Å². The maximum Gasteiger partial charge on any atom is 0.303 e. The second-order valence-electron chi connectivity index (χ2n) is 7.39. The van der Waals surface area contributed by atoms with Crippen LogP contribution in [0.1, 0.15) is 68.7 Å². The number of carbonyl (C=O) groups is 1. The highest BCUT2D eigenvalue weighted by atomic mass is 35.5. The third kappa shape index (κ3) is 9.16. The number of halogens is 2. The molecule has 1 atom stereocenters. The third-order valence-corrected chi connectivity index (χ3v) is 6.11. The van der Waals surface area contributed by atoms with Crippen LogP contribution < -0.4 is 9.62 Å². The van der Waals surface area contributed by atoms with Crippen LogP contribution in [0.4, 0.5) is 10.1 Å². The fourth-order valence-electron chi connectivity index (χ4n) is 3.58. The molecule has 1 unspecified atom stereocenters. The van der Waals surface area contributed by atoms with Gasteiger partial charge in [-0.05, 0) is 73.1 Å². The lowest BCUT2D eigenvalue weighted by molar-refractivity contribution is -0.137. The Labute approximate surface area is 207 Å². The maximum absolute atomic E-state index is 14.4. The highest BCUT2D eigenvalue weighted by molar-refractivity contribution is 8.00. The van der Waals surface area contributed by atoms with Gasteiger partial charge in [0.05, 0.1) is 30.7 Å². The summed E-state index contributed by atoms with van der Waals surface area (Å²) in [7, 11) is 3.43. The Balaban J connectivity index is 0.00000101. The van der Waals surface area contributed by atoms with Crippen LogP contribution >= 0.6 is 23.8 Å². The van der Waals surface area contributed by atoms with Gasteiger partial charge in [0.15, 0.2) is 0 Å². The van der Waals surface area contributed by atoms with Crippen molar-refractivity contribution in [2.45, 2.75) is 63.8 Å². The van der Waals surface area contributed by atoms with Crippen molar-refractivity contribution < 1.29 is 18.6 Å². The number of para-hydroxylation sites is 1. The van der Waals surface area contributed by atoms with Gasteiger partial charge in [-0.2, -0.15) is 0 Å². The quantitative estimate of drug-likeness (QED) is 0.298. The summed E-state index contributed by atoms with van der Waals surface area (Å²) in [5, 5.41) is 12.3. The second-order valence-corrected chi connectivity index (χ2v) is 8.86. The van der Waals surface area contributed by atoms with E-state index in [4.69, 9.17) is 5.11 Å². The average molecular weight is 499 g/mol. The molecule has 0 saturated heterocycles. The van der Waals surface area contributed by atoms with Gasteiger partial charge in [-0.25, -0.2) is 4.39 Å². The van der Waals surface area contributed by atoms with E-state index in [1.165, 1.54) is 7.11 Å². The van der Waals surface area contributed by atoms with Gasteiger partial charge in [0.1, 0.15) is 5.82 Å². The Morgan fingerprint density at radius 3 is 2.48 bits per heavy atom. The van der Waals surface area contributed by atoms with Gasteiger partial charge in [-0.15, -0.1) is 0 Å². The van der Waals surface area contributed by atoms with Gasteiger partial charge in [-0.3, -0.25) is 9.08 Å². The van der Waals surface area contributed by atoms with Gasteiger partial charge in [0, 0.05) is 18.4 Å². The summed E-state index contributed by atoms with van der Waals surface area (Å²) >= 11 is 6.12. The lowest BCUT2D eigenvalue weighted by Crippen LogP contribution is -2.24. The fraction of sp³-hybridized carbons (Fsp3) is 0.480. The molecule has 2 aromatic carbocycles. The monoisotopic (exact) mass is 498 g/mol. The number of hydrogen-bond acceptors (Lipinski definition) is 5. The molecule has 184 valence electrons. The van der Waals surface area contributed by atoms with E-state index in [-0.39, 0.29) is 18.3 Å². The van der Waals surface area contributed by atoms with Crippen molar-refractivity contribution in [1.82, 2.24) is 5.32 Å². The number of aliphatic carboxylic acids is 1. The number of carboxylic acids is 1. The Kier molecular flexibility index (Phi) is 14.1. The molecule has 3 rings (SSSR count). The molecule has 8 heteroatoms. The molecule has 5 nitrogen and oxygen atoms in total. The fourth-order valence-corrected chi connectivity index (χ4v) is 4.65. The topological polar surface area (TPSA) is 61.8 Å². The van der Waals surface area contributed by atoms with E-state index in [0.717, 1.165) is 53.9 Å². The molecule has 1 aliphatic rings. The molecule has 33 heavy (non-hydrogen) atoms. The SMILES string of the molecule is CC.COCl.Cc1cc2c(cc1F)C(NCCCCCCC(=O)O)c1ccccc1N(C)S2. The van der Waals surface area contributed by atoms with E-state index < -0.39 is 5.97 Å². The summed E-state index contributed by atoms with van der Waals surface area (Å²) in [6, 6.07) is 11.8. The summed E-state index contributed by atoms with van der Waals surface area (Å²) < 4.78 is 20.2. The number of unbranched alkanes of at least 4 members (excludes halogenated alkanes) is 3. The molecular formula is C25H36ClFN2O3S. The minimum atomic E-state index is -0.733. The lowest BCUT2D eigenvalue weighted by Gasteiger charge is -2.22. The van der Waals surface area contributed by atoms with Crippen molar-refractivity contribution >= 4 is 35.5 Å². The molecule has 0 amide bonds. The highest BCUT2D eigenvalue weighted by Crippen LogP contribution is 2.43. The summed E-state index contributed by atoms with van der Waals surface area (Å²) in [6.07, 6.45) is 3.82. The van der Waals surface area contributed by atoms with Crippen molar-refractivity contribution in [3.05, 3.63) is 58.9 Å². The molecule has 0 aliphatic carbocycles. The van der Waals surface area contributed by atoms with Crippen molar-refractivity contribution in [2.24, 2.45) is 0 Å². The van der Waals surface area contributed by atoms with E-state index >= 15 is 0 Å². The maximum atomic E-state index is 14.4. The largest absolute Gasteiger partial charge is 0.481 e. The van der Waals surface area contributed by atoms with Crippen molar-refractivity contribution in [1.29, 1.82) is 0 Å². The van der Waals surface area contributed by atoms with Crippen LogP contribution in [0.3, 0.4) is 0 Å². The van der Waals surface area contributed by atoms with Gasteiger partial charge in [-0.1, -0.05) is 44.9 Å². The molecule has 0 spiro atoms. The minimum absolute atomic E-state index is 0.0715. The Bertz CT molecular complexity index is 870. The van der Waals surface area contributed by atoms with E-state index in [0.29, 0.717) is 5.56 Å².